The molecule has 0 aromatic carbocycles. The second-order valence-corrected chi connectivity index (χ2v) is 4.99. The molecule has 0 saturated carbocycles. The zero-order chi connectivity index (χ0) is 14.4. The Kier molecular flexibility index (Phi) is 5.79. The van der Waals surface area contributed by atoms with Crippen molar-refractivity contribution in [2.75, 3.05) is 13.1 Å². The molecule has 1 saturated heterocycles. The molecule has 1 aliphatic heterocycles. The average molecular weight is 270 g/mol. The number of nitrogens with zero attached hydrogens (tertiary/aromatic N) is 1. The third kappa shape index (κ3) is 4.89. The first-order chi connectivity index (χ1) is 8.93. The Morgan fingerprint density at radius 2 is 1.89 bits per heavy atom. The van der Waals surface area contributed by atoms with Crippen LogP contribution in [0.5, 0.6) is 0 Å². The fourth-order valence-corrected chi connectivity index (χ4v) is 2.28. The van der Waals surface area contributed by atoms with Crippen LogP contribution >= 0.6 is 0 Å². The minimum Gasteiger partial charge on any atom is -0.481 e. The number of hydrogen-bond acceptors (Lipinski definition) is 3. The third-order valence-electron chi connectivity index (χ3n) is 3.57. The maximum Gasteiger partial charge on any atom is 0.305 e. The molecule has 6 nitrogen and oxygen atoms in total. The lowest BCUT2D eigenvalue weighted by molar-refractivity contribution is -0.138. The van der Waals surface area contributed by atoms with E-state index in [1.54, 1.807) is 4.90 Å². The molecule has 1 unspecified atom stereocenters. The first kappa shape index (κ1) is 15.5. The van der Waals surface area contributed by atoms with Crippen LogP contribution in [-0.4, -0.2) is 46.9 Å². The number of likely N-dealkylation sites (tertiary alicyclic amines) is 1. The van der Waals surface area contributed by atoms with Crippen molar-refractivity contribution in [3.8, 4) is 0 Å². The molecule has 0 aliphatic carbocycles. The Labute approximate surface area is 113 Å². The highest BCUT2D eigenvalue weighted by molar-refractivity contribution is 5.80. The monoisotopic (exact) mass is 270 g/mol. The summed E-state index contributed by atoms with van der Waals surface area (Å²) in [6, 6.07) is -0.309. The van der Waals surface area contributed by atoms with E-state index in [2.05, 4.69) is 5.32 Å². The molecule has 0 radical (unpaired) electrons. The molecular weight excluding hydrogens is 248 g/mol. The van der Waals surface area contributed by atoms with Crippen molar-refractivity contribution in [2.24, 2.45) is 5.92 Å². The fraction of sp³-hybridized carbons (Fsp3) is 0.769. The Morgan fingerprint density at radius 3 is 2.32 bits per heavy atom. The zero-order valence-electron chi connectivity index (χ0n) is 11.5. The Morgan fingerprint density at radius 1 is 1.32 bits per heavy atom. The van der Waals surface area contributed by atoms with E-state index < -0.39 is 5.97 Å². The summed E-state index contributed by atoms with van der Waals surface area (Å²) in [7, 11) is 0. The van der Waals surface area contributed by atoms with Crippen LogP contribution in [0.25, 0.3) is 0 Å². The first-order valence-corrected chi connectivity index (χ1v) is 6.71. The highest BCUT2D eigenvalue weighted by Crippen LogP contribution is 2.18. The predicted molar refractivity (Wildman–Crippen MR) is 69.5 cm³/mol. The molecule has 1 atom stereocenters. The van der Waals surface area contributed by atoms with Crippen molar-refractivity contribution in [2.45, 2.75) is 45.6 Å². The van der Waals surface area contributed by atoms with Gasteiger partial charge in [-0.25, -0.2) is 0 Å². The molecule has 0 bridgehead atoms. The quantitative estimate of drug-likeness (QED) is 0.766. The largest absolute Gasteiger partial charge is 0.481 e. The first-order valence-electron chi connectivity index (χ1n) is 6.71. The van der Waals surface area contributed by atoms with Gasteiger partial charge < -0.3 is 15.3 Å². The van der Waals surface area contributed by atoms with Crippen LogP contribution in [0.1, 0.15) is 39.5 Å². The summed E-state index contributed by atoms with van der Waals surface area (Å²) in [6.45, 7) is 4.58. The van der Waals surface area contributed by atoms with Gasteiger partial charge in [0.1, 0.15) is 0 Å². The highest BCUT2D eigenvalue weighted by Gasteiger charge is 2.27. The molecule has 2 N–H and O–H groups in total. The maximum atomic E-state index is 12.0. The van der Waals surface area contributed by atoms with Gasteiger partial charge in [-0.2, -0.15) is 0 Å². The summed E-state index contributed by atoms with van der Waals surface area (Å²) in [4.78, 5) is 35.6. The number of amides is 2. The number of carbonyl (C=O) groups is 3. The van der Waals surface area contributed by atoms with Crippen molar-refractivity contribution in [1.29, 1.82) is 0 Å². The molecule has 0 aromatic rings. The molecule has 1 heterocycles. The lowest BCUT2D eigenvalue weighted by atomic mass is 9.95. The van der Waals surface area contributed by atoms with Gasteiger partial charge in [0.25, 0.3) is 0 Å². The minimum absolute atomic E-state index is 0.0381. The third-order valence-corrected chi connectivity index (χ3v) is 3.57. The van der Waals surface area contributed by atoms with Crippen LogP contribution in [0.2, 0.25) is 0 Å². The van der Waals surface area contributed by atoms with Gasteiger partial charge in [0, 0.05) is 32.0 Å². The van der Waals surface area contributed by atoms with Gasteiger partial charge in [0.15, 0.2) is 0 Å². The van der Waals surface area contributed by atoms with Crippen LogP contribution in [0.15, 0.2) is 0 Å². The van der Waals surface area contributed by atoms with E-state index in [1.165, 1.54) is 6.92 Å². The molecule has 6 heteroatoms. The maximum absolute atomic E-state index is 12.0. The van der Waals surface area contributed by atoms with Crippen molar-refractivity contribution in [1.82, 2.24) is 10.2 Å². The van der Waals surface area contributed by atoms with Crippen LogP contribution in [-0.2, 0) is 14.4 Å². The Bertz CT molecular complexity index is 349. The lowest BCUT2D eigenvalue weighted by Gasteiger charge is -2.31. The van der Waals surface area contributed by atoms with Crippen LogP contribution in [0.3, 0.4) is 0 Å². The highest BCUT2D eigenvalue weighted by atomic mass is 16.4. The molecule has 1 rings (SSSR count). The normalized spacial score (nSPS) is 17.9. The van der Waals surface area contributed by atoms with E-state index in [0.29, 0.717) is 32.4 Å². The standard InChI is InChI=1S/C13H22N2O4/c1-3-11(8-12(17)18)14-13(19)10-4-6-15(7-5-10)9(2)16/h10-11H,3-8H2,1-2H3,(H,14,19)(H,17,18). The predicted octanol–water partition coefficient (Wildman–Crippen LogP) is 0.614. The van der Waals surface area contributed by atoms with Crippen molar-refractivity contribution < 1.29 is 19.5 Å². The average Bonchev–Trinajstić information content (AvgIpc) is 2.37. The van der Waals surface area contributed by atoms with Crippen molar-refractivity contribution in [3.63, 3.8) is 0 Å². The molecule has 0 spiro atoms. The number of carbonyl (C=O) groups excluding carboxylic acids is 2. The second-order valence-electron chi connectivity index (χ2n) is 4.99. The van der Waals surface area contributed by atoms with Gasteiger partial charge in [-0.1, -0.05) is 6.92 Å². The van der Waals surface area contributed by atoms with Crippen LogP contribution < -0.4 is 5.32 Å². The summed E-state index contributed by atoms with van der Waals surface area (Å²) < 4.78 is 0. The topological polar surface area (TPSA) is 86.7 Å². The summed E-state index contributed by atoms with van der Waals surface area (Å²) in [6.07, 6.45) is 1.85. The second kappa shape index (κ2) is 7.11. The number of carboxylic acid groups (broad SMARTS) is 1. The minimum atomic E-state index is -0.904. The Balaban J connectivity index is 2.42. The molecule has 108 valence electrons. The molecule has 1 fully saturated rings. The van der Waals surface area contributed by atoms with Gasteiger partial charge in [-0.05, 0) is 19.3 Å². The smallest absolute Gasteiger partial charge is 0.305 e. The number of rotatable bonds is 5. The van der Waals surface area contributed by atoms with Crippen LogP contribution in [0.4, 0.5) is 0 Å². The Hall–Kier alpha value is -1.59. The number of piperidine rings is 1. The number of aliphatic carboxylic acids is 1. The van der Waals surface area contributed by atoms with E-state index in [0.717, 1.165) is 0 Å². The summed E-state index contributed by atoms with van der Waals surface area (Å²) in [5.74, 6) is -1.07. The van der Waals surface area contributed by atoms with Gasteiger partial charge >= 0.3 is 5.97 Å². The van der Waals surface area contributed by atoms with Gasteiger partial charge in [0.2, 0.25) is 11.8 Å². The molecular formula is C13H22N2O4. The van der Waals surface area contributed by atoms with Crippen LogP contribution in [0, 0.1) is 5.92 Å². The number of nitrogens with one attached hydrogen (secondary N) is 1. The molecule has 1 aliphatic rings. The van der Waals surface area contributed by atoms with Gasteiger partial charge in [-0.3, -0.25) is 14.4 Å². The fourth-order valence-electron chi connectivity index (χ4n) is 2.28. The van der Waals surface area contributed by atoms with Crippen molar-refractivity contribution >= 4 is 17.8 Å². The van der Waals surface area contributed by atoms with E-state index in [1.807, 2.05) is 6.92 Å². The summed E-state index contributed by atoms with van der Waals surface area (Å²) >= 11 is 0. The summed E-state index contributed by atoms with van der Waals surface area (Å²) in [5.41, 5.74) is 0. The lowest BCUT2D eigenvalue weighted by Crippen LogP contribution is -2.45. The number of hydrogen-bond donors (Lipinski definition) is 2. The van der Waals surface area contributed by atoms with E-state index in [9.17, 15) is 14.4 Å². The van der Waals surface area contributed by atoms with E-state index in [-0.39, 0.29) is 30.2 Å². The molecule has 2 amide bonds. The van der Waals surface area contributed by atoms with Gasteiger partial charge in [0.05, 0.1) is 6.42 Å². The van der Waals surface area contributed by atoms with Crippen molar-refractivity contribution in [3.05, 3.63) is 0 Å². The van der Waals surface area contributed by atoms with E-state index >= 15 is 0 Å². The molecule has 19 heavy (non-hydrogen) atoms. The number of carboxylic acids is 1. The van der Waals surface area contributed by atoms with E-state index in [4.69, 9.17) is 5.11 Å². The zero-order valence-corrected chi connectivity index (χ0v) is 11.5. The summed E-state index contributed by atoms with van der Waals surface area (Å²) in [5, 5.41) is 11.5. The van der Waals surface area contributed by atoms with Gasteiger partial charge in [-0.15, -0.1) is 0 Å². The molecule has 0 aromatic heterocycles. The SMILES string of the molecule is CCC(CC(=O)O)NC(=O)C1CCN(C(C)=O)CC1.